The van der Waals surface area contributed by atoms with E-state index in [4.69, 9.17) is 9.47 Å². The molecule has 0 heterocycles. The predicted octanol–water partition coefficient (Wildman–Crippen LogP) is 7.72. The molecule has 0 aliphatic heterocycles. The lowest BCUT2D eigenvalue weighted by atomic mass is 9.96. The van der Waals surface area contributed by atoms with Crippen LogP contribution in [-0.2, 0) is 4.74 Å². The molecule has 3 heteroatoms. The van der Waals surface area contributed by atoms with Gasteiger partial charge < -0.3 is 9.47 Å². The summed E-state index contributed by atoms with van der Waals surface area (Å²) < 4.78 is 11.6. The molecule has 0 spiro atoms. The van der Waals surface area contributed by atoms with Crippen molar-refractivity contribution in [3.05, 3.63) is 94.6 Å². The second-order valence-corrected chi connectivity index (χ2v) is 9.85. The molecule has 0 bridgehead atoms. The van der Waals surface area contributed by atoms with E-state index in [1.54, 1.807) is 14.2 Å². The summed E-state index contributed by atoms with van der Waals surface area (Å²) in [6.07, 6.45) is 24.3. The Balaban J connectivity index is 1.86. The van der Waals surface area contributed by atoms with Gasteiger partial charge in [0, 0.05) is 11.1 Å². The lowest BCUT2D eigenvalue weighted by Crippen LogP contribution is -2.09. The van der Waals surface area contributed by atoms with Crippen molar-refractivity contribution in [1.29, 1.82) is 0 Å². The normalized spacial score (nSPS) is 20.3. The maximum absolute atomic E-state index is 5.84. The largest absolute Gasteiger partial charge is 0.496 e. The zero-order chi connectivity index (χ0) is 21.5. The van der Waals surface area contributed by atoms with Crippen molar-refractivity contribution in [3.63, 3.8) is 0 Å². The number of hydrogen-bond donors (Lipinski definition) is 0. The average Bonchev–Trinajstić information content (AvgIpc) is 3.18. The van der Waals surface area contributed by atoms with E-state index in [1.165, 1.54) is 59.7 Å². The van der Waals surface area contributed by atoms with Gasteiger partial charge in [-0.15, -0.1) is 0 Å². The Labute approximate surface area is 188 Å². The summed E-state index contributed by atoms with van der Waals surface area (Å²) in [6, 6.07) is 8.43. The Morgan fingerprint density at radius 1 is 0.871 bits per heavy atom. The Bertz CT molecular complexity index is 968. The molecule has 0 N–H and O–H groups in total. The van der Waals surface area contributed by atoms with Gasteiger partial charge in [-0.25, -0.2) is 0 Å². The summed E-state index contributed by atoms with van der Waals surface area (Å²) in [5.41, 5.74) is 5.82. The van der Waals surface area contributed by atoms with Crippen LogP contribution in [0.2, 0.25) is 0 Å². The highest BCUT2D eigenvalue weighted by atomic mass is 31.1. The standard InChI is InChI=1S/C28H33O2P/c1-29-26-19-8-4-7-15-22(26)24-17-9-10-18-25(23-16-11-12-20-27(23)30-2)28(24)31-21-13-5-3-6-14-21/h4,8,10-12,15-21,31H,3,5-7,9,13-14H2,1-2H3. The Morgan fingerprint density at radius 2 is 1.65 bits per heavy atom. The molecule has 0 radical (unpaired) electrons. The Hall–Kier alpha value is -2.31. The van der Waals surface area contributed by atoms with Crippen molar-refractivity contribution in [2.45, 2.75) is 50.6 Å². The molecule has 0 amide bonds. The number of benzene rings is 1. The van der Waals surface area contributed by atoms with E-state index >= 15 is 0 Å². The highest BCUT2D eigenvalue weighted by Crippen LogP contribution is 2.50. The van der Waals surface area contributed by atoms with Gasteiger partial charge in [0.05, 0.1) is 14.2 Å². The van der Waals surface area contributed by atoms with Crippen molar-refractivity contribution < 1.29 is 9.47 Å². The van der Waals surface area contributed by atoms with Gasteiger partial charge in [0.25, 0.3) is 0 Å². The maximum atomic E-state index is 5.84. The van der Waals surface area contributed by atoms with Crippen LogP contribution in [0.3, 0.4) is 0 Å². The fourth-order valence-electron chi connectivity index (χ4n) is 4.68. The minimum Gasteiger partial charge on any atom is -0.496 e. The van der Waals surface area contributed by atoms with Gasteiger partial charge in [-0.2, -0.15) is 0 Å². The van der Waals surface area contributed by atoms with Gasteiger partial charge in [0.2, 0.25) is 0 Å². The van der Waals surface area contributed by atoms with Crippen LogP contribution >= 0.6 is 8.58 Å². The first-order valence-electron chi connectivity index (χ1n) is 11.4. The molecule has 3 aliphatic carbocycles. The third-order valence-corrected chi connectivity index (χ3v) is 8.06. The molecule has 31 heavy (non-hydrogen) atoms. The maximum Gasteiger partial charge on any atom is 0.126 e. The van der Waals surface area contributed by atoms with Crippen LogP contribution < -0.4 is 4.74 Å². The third-order valence-electron chi connectivity index (χ3n) is 6.25. The number of methoxy groups -OCH3 is 2. The fourth-order valence-corrected chi connectivity index (χ4v) is 6.55. The number of hydrogen-bond acceptors (Lipinski definition) is 2. The number of ether oxygens (including phenoxy) is 2. The molecule has 1 aromatic carbocycles. The van der Waals surface area contributed by atoms with Crippen LogP contribution in [0, 0.1) is 0 Å². The van der Waals surface area contributed by atoms with Crippen molar-refractivity contribution in [1.82, 2.24) is 0 Å². The summed E-state index contributed by atoms with van der Waals surface area (Å²) >= 11 is 0. The van der Waals surface area contributed by atoms with Crippen LogP contribution in [-0.4, -0.2) is 19.9 Å². The van der Waals surface area contributed by atoms with Crippen LogP contribution in [0.15, 0.2) is 89.0 Å². The highest BCUT2D eigenvalue weighted by molar-refractivity contribution is 7.44. The van der Waals surface area contributed by atoms with Crippen molar-refractivity contribution in [2.24, 2.45) is 0 Å². The molecular weight excluding hydrogens is 399 g/mol. The van der Waals surface area contributed by atoms with Gasteiger partial charge in [-0.05, 0) is 59.9 Å². The first-order valence-corrected chi connectivity index (χ1v) is 12.5. The minimum atomic E-state index is 0.767. The molecule has 1 unspecified atom stereocenters. The molecule has 0 saturated heterocycles. The number of rotatable bonds is 6. The molecule has 1 saturated carbocycles. The van der Waals surface area contributed by atoms with E-state index in [0.29, 0.717) is 0 Å². The molecular formula is C28H33O2P. The fraction of sp³-hybridized carbons (Fsp3) is 0.357. The molecule has 162 valence electrons. The molecule has 3 aliphatic rings. The van der Waals surface area contributed by atoms with E-state index < -0.39 is 0 Å². The predicted molar refractivity (Wildman–Crippen MR) is 134 cm³/mol. The monoisotopic (exact) mass is 432 g/mol. The van der Waals surface area contributed by atoms with Gasteiger partial charge in [-0.3, -0.25) is 0 Å². The SMILES string of the molecule is COC1=CC=CCC=C1C1=CCC=CC(c2ccccc2OC)=C1PC1CCCCC1. The minimum absolute atomic E-state index is 0.767. The van der Waals surface area contributed by atoms with E-state index in [-0.39, 0.29) is 0 Å². The number of allylic oxidation sites excluding steroid dienone is 10. The van der Waals surface area contributed by atoms with E-state index in [2.05, 4.69) is 66.8 Å². The van der Waals surface area contributed by atoms with Gasteiger partial charge in [0.1, 0.15) is 11.5 Å². The summed E-state index contributed by atoms with van der Waals surface area (Å²) in [7, 11) is 4.33. The van der Waals surface area contributed by atoms with E-state index in [0.717, 1.165) is 38.6 Å². The third kappa shape index (κ3) is 5.13. The Kier molecular flexibility index (Phi) is 7.65. The first kappa shape index (κ1) is 21.9. The summed E-state index contributed by atoms with van der Waals surface area (Å²) in [4.78, 5) is 0. The van der Waals surface area contributed by atoms with Gasteiger partial charge in [0.15, 0.2) is 0 Å². The van der Waals surface area contributed by atoms with Gasteiger partial charge in [-0.1, -0.05) is 82.5 Å². The highest BCUT2D eigenvalue weighted by Gasteiger charge is 2.25. The summed E-state index contributed by atoms with van der Waals surface area (Å²) in [6.45, 7) is 0. The van der Waals surface area contributed by atoms with E-state index in [1.807, 2.05) is 0 Å². The van der Waals surface area contributed by atoms with Crippen LogP contribution in [0.25, 0.3) is 5.57 Å². The molecule has 1 fully saturated rings. The first-order chi connectivity index (χ1) is 15.3. The molecule has 0 aromatic heterocycles. The van der Waals surface area contributed by atoms with Crippen LogP contribution in [0.4, 0.5) is 0 Å². The van der Waals surface area contributed by atoms with Crippen LogP contribution in [0.1, 0.15) is 50.5 Å². The van der Waals surface area contributed by atoms with E-state index in [9.17, 15) is 0 Å². The average molecular weight is 433 g/mol. The lowest BCUT2D eigenvalue weighted by Gasteiger charge is -2.27. The molecule has 1 atom stereocenters. The second-order valence-electron chi connectivity index (χ2n) is 8.24. The zero-order valence-electron chi connectivity index (χ0n) is 18.7. The quantitative estimate of drug-likeness (QED) is 0.428. The summed E-state index contributed by atoms with van der Waals surface area (Å²) in [5, 5.41) is 1.46. The smallest absolute Gasteiger partial charge is 0.126 e. The van der Waals surface area contributed by atoms with Crippen molar-refractivity contribution >= 4 is 14.2 Å². The second kappa shape index (κ2) is 10.8. The molecule has 4 rings (SSSR count). The summed E-state index contributed by atoms with van der Waals surface area (Å²) in [5.74, 6) is 1.89. The Morgan fingerprint density at radius 3 is 2.45 bits per heavy atom. The van der Waals surface area contributed by atoms with Crippen LogP contribution in [0.5, 0.6) is 5.75 Å². The lowest BCUT2D eigenvalue weighted by molar-refractivity contribution is 0.302. The topological polar surface area (TPSA) is 18.5 Å². The van der Waals surface area contributed by atoms with Crippen molar-refractivity contribution in [2.75, 3.05) is 14.2 Å². The van der Waals surface area contributed by atoms with Gasteiger partial charge >= 0.3 is 0 Å². The molecule has 1 aromatic rings. The number of para-hydroxylation sites is 1. The zero-order valence-corrected chi connectivity index (χ0v) is 19.7. The molecule has 2 nitrogen and oxygen atoms in total. The van der Waals surface area contributed by atoms with Crippen molar-refractivity contribution in [3.8, 4) is 5.75 Å².